The second-order valence-corrected chi connectivity index (χ2v) is 5.71. The van der Waals surface area contributed by atoms with Crippen molar-refractivity contribution in [3.63, 3.8) is 0 Å². The first kappa shape index (κ1) is 15.5. The van der Waals surface area contributed by atoms with Crippen LogP contribution in [0.15, 0.2) is 53.3 Å². The first-order chi connectivity index (χ1) is 11.0. The Morgan fingerprint density at radius 3 is 2.39 bits per heavy atom. The normalized spacial score (nSPS) is 10.7. The highest BCUT2D eigenvalue weighted by Crippen LogP contribution is 2.32. The van der Waals surface area contributed by atoms with Gasteiger partial charge in [-0.15, -0.1) is 0 Å². The Kier molecular flexibility index (Phi) is 4.07. The highest BCUT2D eigenvalue weighted by Gasteiger charge is 2.20. The highest BCUT2D eigenvalue weighted by atomic mass is 35.5. The minimum absolute atomic E-state index is 0.0253. The van der Waals surface area contributed by atoms with Gasteiger partial charge in [-0.2, -0.15) is 0 Å². The van der Waals surface area contributed by atoms with Crippen LogP contribution in [0.2, 0.25) is 10.0 Å². The average molecular weight is 351 g/mol. The van der Waals surface area contributed by atoms with Crippen molar-refractivity contribution in [3.05, 3.63) is 69.1 Å². The van der Waals surface area contributed by atoms with E-state index in [1.807, 2.05) is 0 Å². The lowest BCUT2D eigenvalue weighted by Gasteiger charge is -2.06. The number of benzene rings is 2. The van der Waals surface area contributed by atoms with Crippen LogP contribution in [0.1, 0.15) is 0 Å². The zero-order chi connectivity index (χ0) is 16.6. The predicted octanol–water partition coefficient (Wildman–Crippen LogP) is 3.98. The van der Waals surface area contributed by atoms with Gasteiger partial charge in [0.1, 0.15) is 5.75 Å². The summed E-state index contributed by atoms with van der Waals surface area (Å²) in [6, 6.07) is 13.2. The van der Waals surface area contributed by atoms with Crippen molar-refractivity contribution < 1.29 is 9.84 Å². The molecule has 1 aromatic heterocycles. The van der Waals surface area contributed by atoms with E-state index in [0.29, 0.717) is 21.5 Å². The van der Waals surface area contributed by atoms with E-state index in [9.17, 15) is 9.90 Å². The molecule has 0 radical (unpaired) electrons. The second-order valence-electron chi connectivity index (χ2n) is 4.84. The Morgan fingerprint density at radius 1 is 1.04 bits per heavy atom. The molecule has 5 nitrogen and oxygen atoms in total. The molecule has 3 aromatic rings. The van der Waals surface area contributed by atoms with Crippen LogP contribution in [0.5, 0.6) is 17.5 Å². The number of aromatic hydroxyl groups is 1. The Morgan fingerprint density at radius 2 is 1.74 bits per heavy atom. The number of ether oxygens (including phenoxy) is 1. The van der Waals surface area contributed by atoms with E-state index < -0.39 is 5.69 Å². The van der Waals surface area contributed by atoms with Crippen LogP contribution in [0, 0.1) is 0 Å². The molecule has 1 N–H and O–H groups in total. The lowest BCUT2D eigenvalue weighted by Crippen LogP contribution is -2.20. The first-order valence-corrected chi connectivity index (χ1v) is 7.43. The van der Waals surface area contributed by atoms with Gasteiger partial charge in [0.25, 0.3) is 11.8 Å². The number of nitrogens with zero attached hydrogens (tertiary/aromatic N) is 2. The van der Waals surface area contributed by atoms with Crippen molar-refractivity contribution in [2.75, 3.05) is 0 Å². The monoisotopic (exact) mass is 350 g/mol. The van der Waals surface area contributed by atoms with Crippen LogP contribution >= 0.6 is 23.2 Å². The summed E-state index contributed by atoms with van der Waals surface area (Å²) >= 11 is 11.8. The molecule has 0 saturated carbocycles. The number of hydrogen-bond acceptors (Lipinski definition) is 3. The third-order valence-corrected chi connectivity index (χ3v) is 3.77. The third kappa shape index (κ3) is 2.93. The van der Waals surface area contributed by atoms with Crippen molar-refractivity contribution in [1.82, 2.24) is 9.13 Å². The maximum atomic E-state index is 12.4. The predicted molar refractivity (Wildman–Crippen MR) is 89.2 cm³/mol. The van der Waals surface area contributed by atoms with Gasteiger partial charge in [-0.3, -0.25) is 4.57 Å². The number of aromatic nitrogens is 2. The smallest absolute Gasteiger partial charge is 0.338 e. The van der Waals surface area contributed by atoms with Crippen molar-refractivity contribution in [2.24, 2.45) is 7.05 Å². The van der Waals surface area contributed by atoms with Crippen LogP contribution in [-0.4, -0.2) is 14.2 Å². The summed E-state index contributed by atoms with van der Waals surface area (Å²) in [4.78, 5) is 12.4. The molecular formula is C16H12Cl2N2O3. The van der Waals surface area contributed by atoms with Crippen LogP contribution < -0.4 is 10.4 Å². The van der Waals surface area contributed by atoms with Gasteiger partial charge in [0.2, 0.25) is 0 Å². The fourth-order valence-electron chi connectivity index (χ4n) is 2.15. The van der Waals surface area contributed by atoms with E-state index in [1.54, 1.807) is 48.5 Å². The summed E-state index contributed by atoms with van der Waals surface area (Å²) in [6.07, 6.45) is 0. The molecule has 0 atom stereocenters. The van der Waals surface area contributed by atoms with Gasteiger partial charge in [-0.25, -0.2) is 9.36 Å². The summed E-state index contributed by atoms with van der Waals surface area (Å²) in [5.41, 5.74) is -0.00436. The minimum Gasteiger partial charge on any atom is -0.490 e. The van der Waals surface area contributed by atoms with E-state index in [0.717, 1.165) is 4.57 Å². The standard InChI is InChI=1S/C16H12Cl2N2O3/c1-19-15(23-13-7-5-10(17)6-8-13)14(21)20(16(19)22)12-4-2-3-11(18)9-12/h2-9,21H,1H3. The Labute approximate surface area is 141 Å². The number of rotatable bonds is 3. The molecule has 0 spiro atoms. The van der Waals surface area contributed by atoms with E-state index >= 15 is 0 Å². The van der Waals surface area contributed by atoms with Gasteiger partial charge in [0.05, 0.1) is 5.69 Å². The Hall–Kier alpha value is -2.37. The molecule has 3 rings (SSSR count). The fraction of sp³-hybridized carbons (Fsp3) is 0.0625. The molecule has 0 unspecified atom stereocenters. The molecule has 2 aromatic carbocycles. The molecule has 118 valence electrons. The summed E-state index contributed by atoms with van der Waals surface area (Å²) in [7, 11) is 1.51. The second kappa shape index (κ2) is 6.02. The first-order valence-electron chi connectivity index (χ1n) is 6.67. The Balaban J connectivity index is 2.08. The van der Waals surface area contributed by atoms with E-state index in [2.05, 4.69) is 0 Å². The largest absolute Gasteiger partial charge is 0.490 e. The molecule has 0 amide bonds. The summed E-state index contributed by atoms with van der Waals surface area (Å²) in [6.45, 7) is 0. The SMILES string of the molecule is Cn1c(Oc2ccc(Cl)cc2)c(O)n(-c2cccc(Cl)c2)c1=O. The number of halogens is 2. The average Bonchev–Trinajstić information content (AvgIpc) is 2.73. The summed E-state index contributed by atoms with van der Waals surface area (Å²) in [5.74, 6) is 0.163. The van der Waals surface area contributed by atoms with Gasteiger partial charge in [0.15, 0.2) is 0 Å². The highest BCUT2D eigenvalue weighted by molar-refractivity contribution is 6.30. The molecule has 0 aliphatic heterocycles. The number of imidazole rings is 1. The molecule has 0 aliphatic carbocycles. The fourth-order valence-corrected chi connectivity index (χ4v) is 2.46. The van der Waals surface area contributed by atoms with Gasteiger partial charge in [-0.05, 0) is 42.5 Å². The van der Waals surface area contributed by atoms with Gasteiger partial charge in [0, 0.05) is 17.1 Å². The summed E-state index contributed by atoms with van der Waals surface area (Å²) in [5, 5.41) is 11.4. The maximum Gasteiger partial charge on any atom is 0.338 e. The van der Waals surface area contributed by atoms with Crippen molar-refractivity contribution in [3.8, 4) is 23.2 Å². The lowest BCUT2D eigenvalue weighted by molar-refractivity contribution is 0.378. The van der Waals surface area contributed by atoms with Crippen LogP contribution in [0.4, 0.5) is 0 Å². The molecule has 23 heavy (non-hydrogen) atoms. The van der Waals surface area contributed by atoms with Crippen LogP contribution in [0.25, 0.3) is 5.69 Å². The van der Waals surface area contributed by atoms with E-state index in [1.165, 1.54) is 11.6 Å². The third-order valence-electron chi connectivity index (χ3n) is 3.28. The van der Waals surface area contributed by atoms with Crippen molar-refractivity contribution in [2.45, 2.75) is 0 Å². The van der Waals surface area contributed by atoms with Crippen molar-refractivity contribution in [1.29, 1.82) is 0 Å². The van der Waals surface area contributed by atoms with E-state index in [4.69, 9.17) is 27.9 Å². The Bertz CT molecular complexity index is 914. The maximum absolute atomic E-state index is 12.4. The zero-order valence-corrected chi connectivity index (χ0v) is 13.5. The summed E-state index contributed by atoms with van der Waals surface area (Å²) < 4.78 is 7.94. The lowest BCUT2D eigenvalue weighted by atomic mass is 10.3. The molecular weight excluding hydrogens is 339 g/mol. The van der Waals surface area contributed by atoms with Gasteiger partial charge < -0.3 is 9.84 Å². The molecule has 0 bridgehead atoms. The van der Waals surface area contributed by atoms with Gasteiger partial charge >= 0.3 is 5.69 Å². The molecule has 1 heterocycles. The van der Waals surface area contributed by atoms with Gasteiger partial charge in [-0.1, -0.05) is 29.3 Å². The molecule has 0 aliphatic rings. The molecule has 0 saturated heterocycles. The van der Waals surface area contributed by atoms with Crippen LogP contribution in [-0.2, 0) is 7.05 Å². The topological polar surface area (TPSA) is 56.4 Å². The minimum atomic E-state index is -0.450. The quantitative estimate of drug-likeness (QED) is 0.777. The zero-order valence-electron chi connectivity index (χ0n) is 12.0. The van der Waals surface area contributed by atoms with E-state index in [-0.39, 0.29) is 11.8 Å². The molecule has 7 heteroatoms. The van der Waals surface area contributed by atoms with Crippen LogP contribution in [0.3, 0.4) is 0 Å². The van der Waals surface area contributed by atoms with Crippen molar-refractivity contribution >= 4 is 23.2 Å². The number of hydrogen-bond donors (Lipinski definition) is 1. The molecule has 0 fully saturated rings.